The number of rotatable bonds is 4. The first kappa shape index (κ1) is 16.8. The Labute approximate surface area is 153 Å². The van der Waals surface area contributed by atoms with E-state index >= 15 is 0 Å². The van der Waals surface area contributed by atoms with Crippen LogP contribution in [0.3, 0.4) is 0 Å². The van der Waals surface area contributed by atoms with E-state index in [0.29, 0.717) is 6.04 Å². The number of nitrogens with zero attached hydrogens (tertiary/aromatic N) is 5. The molecule has 6 nitrogen and oxygen atoms in total. The average Bonchev–Trinajstić information content (AvgIpc) is 2.64. The minimum Gasteiger partial charge on any atom is -0.367 e. The summed E-state index contributed by atoms with van der Waals surface area (Å²) in [6.07, 6.45) is 7.54. The molecule has 134 valence electrons. The number of hydrogen-bond donors (Lipinski definition) is 1. The van der Waals surface area contributed by atoms with E-state index in [9.17, 15) is 0 Å². The lowest BCUT2D eigenvalue weighted by Crippen LogP contribution is -2.38. The normalized spacial score (nSPS) is 16.1. The van der Waals surface area contributed by atoms with E-state index in [4.69, 9.17) is 0 Å². The van der Waals surface area contributed by atoms with Crippen molar-refractivity contribution in [2.75, 3.05) is 18.4 Å². The van der Waals surface area contributed by atoms with Crippen molar-refractivity contribution in [3.8, 4) is 0 Å². The summed E-state index contributed by atoms with van der Waals surface area (Å²) in [4.78, 5) is 20.0. The van der Waals surface area contributed by atoms with Crippen LogP contribution < -0.4 is 5.32 Å². The molecule has 0 atom stereocenters. The van der Waals surface area contributed by atoms with Gasteiger partial charge in [0.25, 0.3) is 0 Å². The molecular weight excluding hydrogens is 324 g/mol. The maximum atomic E-state index is 4.54. The Balaban J connectivity index is 1.43. The number of aromatic nitrogens is 4. The van der Waals surface area contributed by atoms with Gasteiger partial charge in [0.05, 0.1) is 5.39 Å². The summed E-state index contributed by atoms with van der Waals surface area (Å²) in [7, 11) is 0. The van der Waals surface area contributed by atoms with Gasteiger partial charge in [0.1, 0.15) is 12.1 Å². The summed E-state index contributed by atoms with van der Waals surface area (Å²) in [5, 5.41) is 4.68. The van der Waals surface area contributed by atoms with Crippen LogP contribution in [0.15, 0.2) is 36.9 Å². The molecule has 4 rings (SSSR count). The summed E-state index contributed by atoms with van der Waals surface area (Å²) >= 11 is 0. The van der Waals surface area contributed by atoms with Crippen LogP contribution in [0.25, 0.3) is 11.0 Å². The molecule has 3 aromatic rings. The number of nitrogens with one attached hydrogen (secondary N) is 1. The molecule has 26 heavy (non-hydrogen) atoms. The van der Waals surface area contributed by atoms with Crippen LogP contribution in [0, 0.1) is 13.8 Å². The number of anilines is 1. The van der Waals surface area contributed by atoms with Crippen LogP contribution in [0.5, 0.6) is 0 Å². The highest BCUT2D eigenvalue weighted by Gasteiger charge is 2.20. The summed E-state index contributed by atoms with van der Waals surface area (Å²) in [5.74, 6) is 0.910. The van der Waals surface area contributed by atoms with Crippen molar-refractivity contribution in [3.05, 3.63) is 53.7 Å². The van der Waals surface area contributed by atoms with Gasteiger partial charge < -0.3 is 5.32 Å². The topological polar surface area (TPSA) is 66.8 Å². The van der Waals surface area contributed by atoms with Gasteiger partial charge in [-0.2, -0.15) is 0 Å². The molecule has 6 heteroatoms. The third-order valence-corrected chi connectivity index (χ3v) is 5.01. The van der Waals surface area contributed by atoms with Crippen LogP contribution in [0.4, 0.5) is 5.82 Å². The number of piperidine rings is 1. The molecule has 3 aromatic heterocycles. The standard InChI is InChI=1S/C20H24N6/c1-14-11-15(2)24-19-18(14)20(23-13-22-19)25-17-5-9-26(10-6-17)12-16-3-7-21-8-4-16/h3-4,7-8,11,13,17H,5-6,9-10,12H2,1-2H3,(H,22,23,24,25). The fourth-order valence-electron chi connectivity index (χ4n) is 3.69. The molecule has 0 radical (unpaired) electrons. The molecule has 1 aliphatic rings. The Morgan fingerprint density at radius 3 is 2.65 bits per heavy atom. The molecule has 1 saturated heterocycles. The van der Waals surface area contributed by atoms with Crippen molar-refractivity contribution in [2.24, 2.45) is 0 Å². The highest BCUT2D eigenvalue weighted by molar-refractivity contribution is 5.89. The van der Waals surface area contributed by atoms with Gasteiger partial charge in [-0.1, -0.05) is 0 Å². The first-order chi connectivity index (χ1) is 12.7. The first-order valence-electron chi connectivity index (χ1n) is 9.16. The Morgan fingerprint density at radius 1 is 1.12 bits per heavy atom. The lowest BCUT2D eigenvalue weighted by atomic mass is 10.0. The zero-order valence-corrected chi connectivity index (χ0v) is 15.3. The van der Waals surface area contributed by atoms with E-state index < -0.39 is 0 Å². The second-order valence-corrected chi connectivity index (χ2v) is 7.05. The second kappa shape index (κ2) is 7.33. The van der Waals surface area contributed by atoms with Crippen molar-refractivity contribution in [2.45, 2.75) is 39.3 Å². The smallest absolute Gasteiger partial charge is 0.165 e. The molecule has 0 amide bonds. The third kappa shape index (κ3) is 3.65. The summed E-state index contributed by atoms with van der Waals surface area (Å²) in [6.45, 7) is 7.26. The van der Waals surface area contributed by atoms with Gasteiger partial charge in [-0.3, -0.25) is 9.88 Å². The van der Waals surface area contributed by atoms with E-state index in [1.54, 1.807) is 6.33 Å². The first-order valence-corrected chi connectivity index (χ1v) is 9.16. The van der Waals surface area contributed by atoms with E-state index in [-0.39, 0.29) is 0 Å². The molecule has 4 heterocycles. The number of pyridine rings is 2. The molecule has 1 N–H and O–H groups in total. The molecular formula is C20H24N6. The highest BCUT2D eigenvalue weighted by atomic mass is 15.1. The summed E-state index contributed by atoms with van der Waals surface area (Å²) in [6, 6.07) is 6.71. The van der Waals surface area contributed by atoms with Crippen LogP contribution >= 0.6 is 0 Å². The van der Waals surface area contributed by atoms with Crippen molar-refractivity contribution >= 4 is 16.9 Å². The zero-order valence-electron chi connectivity index (χ0n) is 15.3. The number of hydrogen-bond acceptors (Lipinski definition) is 6. The molecule has 1 fully saturated rings. The molecule has 0 aliphatic carbocycles. The van der Waals surface area contributed by atoms with Gasteiger partial charge in [-0.05, 0) is 56.0 Å². The SMILES string of the molecule is Cc1cc(C)c2c(NC3CCN(Cc4ccncc4)CC3)ncnc2n1. The molecule has 1 aliphatic heterocycles. The highest BCUT2D eigenvalue weighted by Crippen LogP contribution is 2.25. The van der Waals surface area contributed by atoms with Gasteiger partial charge in [0.2, 0.25) is 0 Å². The molecule has 0 saturated carbocycles. The van der Waals surface area contributed by atoms with Gasteiger partial charge in [0.15, 0.2) is 5.65 Å². The molecule has 0 aromatic carbocycles. The monoisotopic (exact) mass is 348 g/mol. The predicted octanol–water partition coefficient (Wildman–Crippen LogP) is 3.11. The van der Waals surface area contributed by atoms with Crippen molar-refractivity contribution in [1.29, 1.82) is 0 Å². The summed E-state index contributed by atoms with van der Waals surface area (Å²) < 4.78 is 0. The number of fused-ring (bicyclic) bond motifs is 1. The van der Waals surface area contributed by atoms with Crippen molar-refractivity contribution in [3.63, 3.8) is 0 Å². The van der Waals surface area contributed by atoms with Crippen molar-refractivity contribution < 1.29 is 0 Å². The van der Waals surface area contributed by atoms with E-state index in [0.717, 1.165) is 55.0 Å². The van der Waals surface area contributed by atoms with E-state index in [1.807, 2.05) is 19.3 Å². The number of aryl methyl sites for hydroxylation is 2. The fraction of sp³-hybridized carbons (Fsp3) is 0.400. The van der Waals surface area contributed by atoms with Crippen LogP contribution in [-0.2, 0) is 6.54 Å². The maximum absolute atomic E-state index is 4.54. The Morgan fingerprint density at radius 2 is 1.88 bits per heavy atom. The van der Waals surface area contributed by atoms with Crippen LogP contribution in [-0.4, -0.2) is 44.0 Å². The Hall–Kier alpha value is -2.60. The average molecular weight is 348 g/mol. The predicted molar refractivity (Wildman–Crippen MR) is 103 cm³/mol. The molecule has 0 spiro atoms. The largest absolute Gasteiger partial charge is 0.367 e. The maximum Gasteiger partial charge on any atom is 0.165 e. The minimum atomic E-state index is 0.433. The van der Waals surface area contributed by atoms with Gasteiger partial charge in [-0.25, -0.2) is 15.0 Å². The molecule has 0 unspecified atom stereocenters. The Kier molecular flexibility index (Phi) is 4.75. The molecule has 0 bridgehead atoms. The summed E-state index contributed by atoms with van der Waals surface area (Å²) in [5.41, 5.74) is 4.26. The zero-order chi connectivity index (χ0) is 17.9. The van der Waals surface area contributed by atoms with E-state index in [1.165, 1.54) is 11.1 Å². The fourth-order valence-corrected chi connectivity index (χ4v) is 3.69. The minimum absolute atomic E-state index is 0.433. The quantitative estimate of drug-likeness (QED) is 0.781. The second-order valence-electron chi connectivity index (χ2n) is 7.05. The lowest BCUT2D eigenvalue weighted by molar-refractivity contribution is 0.211. The van der Waals surface area contributed by atoms with Gasteiger partial charge in [0, 0.05) is 43.8 Å². The van der Waals surface area contributed by atoms with Gasteiger partial charge in [-0.15, -0.1) is 0 Å². The van der Waals surface area contributed by atoms with E-state index in [2.05, 4.69) is 55.3 Å². The number of likely N-dealkylation sites (tertiary alicyclic amines) is 1. The third-order valence-electron chi connectivity index (χ3n) is 5.01. The van der Waals surface area contributed by atoms with Crippen LogP contribution in [0.2, 0.25) is 0 Å². The van der Waals surface area contributed by atoms with Gasteiger partial charge >= 0.3 is 0 Å². The Bertz CT molecular complexity index is 887. The van der Waals surface area contributed by atoms with Crippen LogP contribution in [0.1, 0.15) is 29.7 Å². The lowest BCUT2D eigenvalue weighted by Gasteiger charge is -2.32. The van der Waals surface area contributed by atoms with Crippen molar-refractivity contribution in [1.82, 2.24) is 24.8 Å².